The summed E-state index contributed by atoms with van der Waals surface area (Å²) in [5.41, 5.74) is 0.0145. The van der Waals surface area contributed by atoms with Gasteiger partial charge in [0.15, 0.2) is 0 Å². The lowest BCUT2D eigenvalue weighted by Gasteiger charge is -2.46. The Morgan fingerprint density at radius 1 is 1.03 bits per heavy atom. The van der Waals surface area contributed by atoms with Gasteiger partial charge in [-0.1, -0.05) is 36.4 Å². The molecular formula is C24H26BrNO5. The van der Waals surface area contributed by atoms with E-state index in [2.05, 4.69) is 14.1 Å². The maximum atomic E-state index is 13.8. The predicted molar refractivity (Wildman–Crippen MR) is 108 cm³/mol. The highest BCUT2D eigenvalue weighted by atomic mass is 79.9. The van der Waals surface area contributed by atoms with E-state index in [1.54, 1.807) is 0 Å². The van der Waals surface area contributed by atoms with Gasteiger partial charge in [0.1, 0.15) is 47.3 Å². The van der Waals surface area contributed by atoms with Crippen LogP contribution in [-0.2, 0) is 19.7 Å². The summed E-state index contributed by atoms with van der Waals surface area (Å²) < 4.78 is 19.0. The Balaban J connectivity index is 0.00000204. The van der Waals surface area contributed by atoms with Gasteiger partial charge in [0.2, 0.25) is 0 Å². The number of nitrogens with zero attached hydrogens (tertiary/aromatic N) is 1. The lowest BCUT2D eigenvalue weighted by molar-refractivity contribution is -0.938. The number of carbonyl (C=O) groups is 1. The van der Waals surface area contributed by atoms with E-state index in [1.807, 2.05) is 48.5 Å². The number of aliphatic hydroxyl groups excluding tert-OH is 1. The summed E-state index contributed by atoms with van der Waals surface area (Å²) in [5, 5.41) is 10.6. The van der Waals surface area contributed by atoms with Gasteiger partial charge in [-0.25, -0.2) is 0 Å². The highest BCUT2D eigenvalue weighted by molar-refractivity contribution is 5.91. The van der Waals surface area contributed by atoms with E-state index in [0.717, 1.165) is 17.3 Å². The summed E-state index contributed by atoms with van der Waals surface area (Å²) in [6, 6.07) is 15.5. The first kappa shape index (κ1) is 20.9. The van der Waals surface area contributed by atoms with Crippen LogP contribution in [0.5, 0.6) is 11.5 Å². The molecule has 0 aromatic heterocycles. The second kappa shape index (κ2) is 7.04. The van der Waals surface area contributed by atoms with Crippen LogP contribution in [0.4, 0.5) is 0 Å². The predicted octanol–water partition coefficient (Wildman–Crippen LogP) is -0.625. The van der Waals surface area contributed by atoms with E-state index in [-0.39, 0.29) is 29.7 Å². The van der Waals surface area contributed by atoms with Crippen molar-refractivity contribution in [1.82, 2.24) is 0 Å². The number of piperidine rings is 1. The first-order valence-corrected chi connectivity index (χ1v) is 10.6. The van der Waals surface area contributed by atoms with Crippen LogP contribution in [0.1, 0.15) is 24.0 Å². The summed E-state index contributed by atoms with van der Waals surface area (Å²) in [6.07, 6.45) is 2.01. The fraction of sp³-hybridized carbons (Fsp3) is 0.458. The summed E-state index contributed by atoms with van der Waals surface area (Å²) in [6.45, 7) is -0.376. The number of quaternary nitrogens is 1. The molecule has 6 rings (SSSR count). The molecule has 1 N–H and O–H groups in total. The Morgan fingerprint density at radius 3 is 2.06 bits per heavy atom. The van der Waals surface area contributed by atoms with Gasteiger partial charge in [0.05, 0.1) is 20.7 Å². The quantitative estimate of drug-likeness (QED) is 0.355. The molecule has 6 nitrogen and oxygen atoms in total. The van der Waals surface area contributed by atoms with Crippen molar-refractivity contribution < 1.29 is 45.6 Å². The number of halogens is 1. The minimum absolute atomic E-state index is 0. The molecule has 0 radical (unpaired) electrons. The van der Waals surface area contributed by atoms with E-state index in [9.17, 15) is 9.90 Å². The van der Waals surface area contributed by atoms with Crippen LogP contribution >= 0.6 is 0 Å². The number of para-hydroxylation sites is 2. The van der Waals surface area contributed by atoms with Crippen molar-refractivity contribution in [3.05, 3.63) is 59.7 Å². The molecule has 0 amide bonds. The van der Waals surface area contributed by atoms with Gasteiger partial charge in [-0.3, -0.25) is 4.79 Å². The number of esters is 1. The number of carbonyl (C=O) groups excluding carboxylic acids is 1. The van der Waals surface area contributed by atoms with Crippen LogP contribution < -0.4 is 21.7 Å². The maximum Gasteiger partial charge on any atom is 0.324 e. The fourth-order valence-corrected chi connectivity index (χ4v) is 6.09. The highest BCUT2D eigenvalue weighted by Crippen LogP contribution is 2.53. The molecule has 31 heavy (non-hydrogen) atoms. The van der Waals surface area contributed by atoms with Crippen molar-refractivity contribution in [2.45, 2.75) is 48.7 Å². The number of benzene rings is 2. The lowest BCUT2D eigenvalue weighted by Crippen LogP contribution is -3.00. The SMILES string of the molecule is C[N+]1(C)C2CC(OC(=O)C3(CO)c4ccccc4Oc4ccccc43)C[C@H]1[C@H]1OC21.[Br-]. The minimum Gasteiger partial charge on any atom is -1.00 e. The molecule has 4 heterocycles. The Bertz CT molecular complexity index is 975. The molecule has 3 fully saturated rings. The van der Waals surface area contributed by atoms with Crippen LogP contribution in [0.2, 0.25) is 0 Å². The number of epoxide rings is 1. The van der Waals surface area contributed by atoms with E-state index < -0.39 is 11.4 Å². The van der Waals surface area contributed by atoms with Gasteiger partial charge in [0, 0.05) is 24.0 Å². The smallest absolute Gasteiger partial charge is 0.324 e. The van der Waals surface area contributed by atoms with Gasteiger partial charge in [-0.05, 0) is 12.1 Å². The monoisotopic (exact) mass is 487 g/mol. The number of hydrogen-bond acceptors (Lipinski definition) is 5. The Morgan fingerprint density at radius 2 is 1.55 bits per heavy atom. The molecule has 0 saturated carbocycles. The molecule has 164 valence electrons. The molecule has 5 atom stereocenters. The molecule has 3 unspecified atom stereocenters. The maximum absolute atomic E-state index is 13.8. The van der Waals surface area contributed by atoms with E-state index >= 15 is 0 Å². The zero-order chi connectivity index (χ0) is 20.7. The van der Waals surface area contributed by atoms with Gasteiger partial charge in [-0.2, -0.15) is 0 Å². The molecule has 2 bridgehead atoms. The van der Waals surface area contributed by atoms with Crippen LogP contribution in [0, 0.1) is 0 Å². The van der Waals surface area contributed by atoms with Gasteiger partial charge in [0.25, 0.3) is 0 Å². The number of rotatable bonds is 3. The molecule has 7 heteroatoms. The van der Waals surface area contributed by atoms with E-state index in [0.29, 0.717) is 46.9 Å². The van der Waals surface area contributed by atoms with Crippen LogP contribution in [0.3, 0.4) is 0 Å². The Hall–Kier alpha value is -1.93. The van der Waals surface area contributed by atoms with Crippen LogP contribution in [0.15, 0.2) is 48.5 Å². The Kier molecular flexibility index (Phi) is 4.75. The number of aliphatic hydroxyl groups is 1. The average Bonchev–Trinajstić information content (AvgIpc) is 3.50. The zero-order valence-electron chi connectivity index (χ0n) is 17.5. The second-order valence-corrected chi connectivity index (χ2v) is 9.49. The third-order valence-electron chi connectivity index (χ3n) is 7.81. The van der Waals surface area contributed by atoms with E-state index in [1.165, 1.54) is 0 Å². The van der Waals surface area contributed by atoms with E-state index in [4.69, 9.17) is 14.2 Å². The van der Waals surface area contributed by atoms with Gasteiger partial charge < -0.3 is 40.8 Å². The number of hydrogen-bond donors (Lipinski definition) is 1. The highest BCUT2D eigenvalue weighted by Gasteiger charge is 2.71. The third kappa shape index (κ3) is 2.76. The molecule has 4 aliphatic rings. The van der Waals surface area contributed by atoms with Gasteiger partial charge in [-0.15, -0.1) is 0 Å². The van der Waals surface area contributed by atoms with Gasteiger partial charge >= 0.3 is 5.97 Å². The van der Waals surface area contributed by atoms with Crippen molar-refractivity contribution in [2.75, 3.05) is 20.7 Å². The lowest BCUT2D eigenvalue weighted by atomic mass is 9.73. The largest absolute Gasteiger partial charge is 1.00 e. The summed E-state index contributed by atoms with van der Waals surface area (Å²) >= 11 is 0. The molecule has 3 saturated heterocycles. The Labute approximate surface area is 192 Å². The van der Waals surface area contributed by atoms with Crippen LogP contribution in [-0.4, -0.2) is 66.7 Å². The molecule has 2 aromatic carbocycles. The minimum atomic E-state index is -1.29. The molecular weight excluding hydrogens is 462 g/mol. The molecule has 0 spiro atoms. The zero-order valence-corrected chi connectivity index (χ0v) is 19.1. The normalized spacial score (nSPS) is 32.4. The number of fused-ring (bicyclic) bond motifs is 7. The fourth-order valence-electron chi connectivity index (χ4n) is 6.09. The van der Waals surface area contributed by atoms with Crippen LogP contribution in [0.25, 0.3) is 0 Å². The summed E-state index contributed by atoms with van der Waals surface area (Å²) in [4.78, 5) is 13.8. The molecule has 0 aliphatic carbocycles. The summed E-state index contributed by atoms with van der Waals surface area (Å²) in [7, 11) is 4.51. The second-order valence-electron chi connectivity index (χ2n) is 9.49. The standard InChI is InChI=1S/C24H26NO5.BrH/c1-25(2)17-11-14(12-18(25)22-21(17)30-22)28-23(27)24(13-26)15-7-3-5-9-19(15)29-20-10-6-4-8-16(20)24;/h3-10,14,17-18,21-22,26H,11-13H2,1-2H3;1H/q+1;/p-1/t14?,17-,18?,21+,22?;/m0./s1. The van der Waals surface area contributed by atoms with Crippen molar-refractivity contribution >= 4 is 5.97 Å². The first-order chi connectivity index (χ1) is 14.5. The van der Waals surface area contributed by atoms with Crippen molar-refractivity contribution in [3.63, 3.8) is 0 Å². The number of likely N-dealkylation sites (N-methyl/N-ethyl adjacent to an activating group) is 1. The van der Waals surface area contributed by atoms with Crippen molar-refractivity contribution in [2.24, 2.45) is 0 Å². The number of ether oxygens (including phenoxy) is 3. The number of morpholine rings is 1. The molecule has 4 aliphatic heterocycles. The first-order valence-electron chi connectivity index (χ1n) is 10.6. The average molecular weight is 488 g/mol. The molecule has 2 aromatic rings. The van der Waals surface area contributed by atoms with Crippen molar-refractivity contribution in [1.29, 1.82) is 0 Å². The van der Waals surface area contributed by atoms with Crippen molar-refractivity contribution in [3.8, 4) is 11.5 Å². The summed E-state index contributed by atoms with van der Waals surface area (Å²) in [5.74, 6) is 0.760. The topological polar surface area (TPSA) is 68.3 Å². The third-order valence-corrected chi connectivity index (χ3v) is 7.81.